The summed E-state index contributed by atoms with van der Waals surface area (Å²) in [6.45, 7) is 0. The maximum absolute atomic E-state index is 11.4. The van der Waals surface area contributed by atoms with Crippen LogP contribution in [-0.4, -0.2) is 24.0 Å². The Hall–Kier alpha value is -2.12. The predicted molar refractivity (Wildman–Crippen MR) is 60.9 cm³/mol. The van der Waals surface area contributed by atoms with Gasteiger partial charge in [-0.2, -0.15) is 8.42 Å². The topological polar surface area (TPSA) is 112 Å². The van der Waals surface area contributed by atoms with Crippen LogP contribution in [-0.2, 0) is 15.2 Å². The molecule has 0 aliphatic heterocycles. The summed E-state index contributed by atoms with van der Waals surface area (Å²) in [5.41, 5.74) is -0.422. The van der Waals surface area contributed by atoms with Gasteiger partial charge in [-0.05, 0) is 23.6 Å². The van der Waals surface area contributed by atoms with Gasteiger partial charge in [-0.3, -0.25) is 9.66 Å². The van der Waals surface area contributed by atoms with E-state index < -0.39 is 27.4 Å². The van der Waals surface area contributed by atoms with Crippen molar-refractivity contribution < 1.29 is 28.0 Å². The number of benzene rings is 2. The summed E-state index contributed by atoms with van der Waals surface area (Å²) in [5.74, 6) is -2.04. The summed E-state index contributed by atoms with van der Waals surface area (Å²) >= 11 is 0. The van der Waals surface area contributed by atoms with E-state index in [-0.39, 0.29) is 15.7 Å². The van der Waals surface area contributed by atoms with Crippen molar-refractivity contribution in [1.29, 1.82) is 0 Å². The van der Waals surface area contributed by atoms with Gasteiger partial charge in [0.2, 0.25) is 0 Å². The van der Waals surface area contributed by atoms with Crippen molar-refractivity contribution in [3.8, 4) is 5.75 Å². The van der Waals surface area contributed by atoms with Crippen molar-refractivity contribution in [2.45, 2.75) is 4.90 Å². The maximum Gasteiger partial charge on any atom is 0.340 e. The van der Waals surface area contributed by atoms with Crippen molar-refractivity contribution >= 4 is 26.9 Å². The zero-order chi connectivity index (χ0) is 13.5. The molecule has 93 valence electrons. The number of hydrogen-bond donors (Lipinski definition) is 2. The zero-order valence-electron chi connectivity index (χ0n) is 8.82. The molecular formula is C11H7O6S. The predicted octanol–water partition coefficient (Wildman–Crippen LogP) is 1.93. The molecule has 0 spiro atoms. The van der Waals surface area contributed by atoms with Gasteiger partial charge in [0.25, 0.3) is 10.1 Å². The first-order chi connectivity index (χ1) is 8.30. The van der Waals surface area contributed by atoms with Crippen molar-refractivity contribution in [3.05, 3.63) is 35.9 Å². The van der Waals surface area contributed by atoms with Gasteiger partial charge >= 0.3 is 5.97 Å². The lowest BCUT2D eigenvalue weighted by atomic mass is 10.0. The highest BCUT2D eigenvalue weighted by Crippen LogP contribution is 2.29. The van der Waals surface area contributed by atoms with Crippen LogP contribution in [0.3, 0.4) is 0 Å². The molecule has 0 saturated heterocycles. The van der Waals surface area contributed by atoms with Gasteiger partial charge in [0.1, 0.15) is 5.56 Å². The van der Waals surface area contributed by atoms with Crippen molar-refractivity contribution in [3.63, 3.8) is 0 Å². The van der Waals surface area contributed by atoms with Crippen LogP contribution in [0.5, 0.6) is 5.75 Å². The van der Waals surface area contributed by atoms with Crippen LogP contribution in [0.15, 0.2) is 35.2 Å². The van der Waals surface area contributed by atoms with Crippen molar-refractivity contribution in [2.24, 2.45) is 0 Å². The van der Waals surface area contributed by atoms with Crippen LogP contribution in [0.25, 0.3) is 10.8 Å². The van der Waals surface area contributed by atoms with Crippen LogP contribution in [0, 0.1) is 0 Å². The third-order valence-electron chi connectivity index (χ3n) is 2.46. The zero-order valence-corrected chi connectivity index (χ0v) is 9.64. The van der Waals surface area contributed by atoms with Gasteiger partial charge in [-0.25, -0.2) is 4.79 Å². The van der Waals surface area contributed by atoms with E-state index in [0.29, 0.717) is 0 Å². The van der Waals surface area contributed by atoms with E-state index in [1.54, 1.807) is 0 Å². The van der Waals surface area contributed by atoms with Crippen molar-refractivity contribution in [2.75, 3.05) is 0 Å². The van der Waals surface area contributed by atoms with E-state index in [9.17, 15) is 18.3 Å². The first-order valence-corrected chi connectivity index (χ1v) is 6.19. The summed E-state index contributed by atoms with van der Waals surface area (Å²) in [6, 6.07) is 5.68. The van der Waals surface area contributed by atoms with Crippen molar-refractivity contribution in [1.82, 2.24) is 0 Å². The molecule has 6 nitrogen and oxygen atoms in total. The minimum absolute atomic E-state index is 0.127. The molecule has 7 heteroatoms. The molecule has 2 aromatic rings. The Kier molecular flexibility index (Phi) is 2.72. The number of rotatable bonds is 2. The quantitative estimate of drug-likeness (QED) is 0.807. The number of carboxylic acid groups (broad SMARTS) is 1. The van der Waals surface area contributed by atoms with Gasteiger partial charge in [0.05, 0.1) is 4.90 Å². The molecule has 0 heterocycles. The minimum Gasteiger partial charge on any atom is -0.478 e. The smallest absolute Gasteiger partial charge is 0.340 e. The normalized spacial score (nSPS) is 11.6. The second kappa shape index (κ2) is 3.97. The lowest BCUT2D eigenvalue weighted by molar-refractivity contribution is 0.0694. The van der Waals surface area contributed by atoms with Crippen LogP contribution in [0.1, 0.15) is 10.4 Å². The molecule has 0 unspecified atom stereocenters. The Morgan fingerprint density at radius 1 is 1.11 bits per heavy atom. The number of carbonyl (C=O) groups is 1. The van der Waals surface area contributed by atoms with E-state index in [1.165, 1.54) is 12.1 Å². The highest BCUT2D eigenvalue weighted by molar-refractivity contribution is 7.85. The third kappa shape index (κ3) is 2.01. The van der Waals surface area contributed by atoms with E-state index in [0.717, 1.165) is 18.2 Å². The minimum atomic E-state index is -4.36. The molecular weight excluding hydrogens is 260 g/mol. The lowest BCUT2D eigenvalue weighted by Crippen LogP contribution is -2.00. The molecule has 0 saturated carbocycles. The second-order valence-electron chi connectivity index (χ2n) is 3.60. The van der Waals surface area contributed by atoms with Gasteiger partial charge in [-0.15, -0.1) is 0 Å². The summed E-state index contributed by atoms with van der Waals surface area (Å²) in [4.78, 5) is 10.6. The molecule has 0 aromatic heterocycles. The molecule has 18 heavy (non-hydrogen) atoms. The Balaban J connectivity index is 2.84. The molecule has 0 aliphatic carbocycles. The van der Waals surface area contributed by atoms with E-state index in [1.807, 2.05) is 0 Å². The fraction of sp³-hybridized carbons (Fsp3) is 0. The molecule has 2 N–H and O–H groups in total. The Bertz CT molecular complexity index is 747. The van der Waals surface area contributed by atoms with Crippen LogP contribution in [0.2, 0.25) is 0 Å². The number of carboxylic acids is 1. The van der Waals surface area contributed by atoms with Crippen LogP contribution >= 0.6 is 0 Å². The second-order valence-corrected chi connectivity index (χ2v) is 5.02. The highest BCUT2D eigenvalue weighted by Gasteiger charge is 2.17. The molecule has 0 atom stereocenters. The standard InChI is InChI=1S/C11H7O6S/c12-9-4-1-6-5-7(18(15,16)17)2-3-8(6)10(9)11(13)14/h1-5H,(H,13,14)(H,15,16,17). The van der Waals surface area contributed by atoms with Crippen LogP contribution in [0.4, 0.5) is 0 Å². The fourth-order valence-electron chi connectivity index (χ4n) is 1.67. The fourth-order valence-corrected chi connectivity index (χ4v) is 2.18. The SMILES string of the molecule is [O]c1ccc2cc(S(=O)(=O)O)ccc2c1C(=O)O. The van der Waals surface area contributed by atoms with Gasteiger partial charge in [-0.1, -0.05) is 12.1 Å². The average Bonchev–Trinajstić information content (AvgIpc) is 2.26. The number of fused-ring (bicyclic) bond motifs is 1. The maximum atomic E-state index is 11.4. The molecule has 2 aromatic carbocycles. The molecule has 1 radical (unpaired) electrons. The van der Waals surface area contributed by atoms with Gasteiger partial charge < -0.3 is 5.11 Å². The Labute approximate surface area is 102 Å². The molecule has 2 rings (SSSR count). The van der Waals surface area contributed by atoms with E-state index >= 15 is 0 Å². The Morgan fingerprint density at radius 2 is 1.78 bits per heavy atom. The largest absolute Gasteiger partial charge is 0.478 e. The number of hydrogen-bond acceptors (Lipinski definition) is 3. The average molecular weight is 267 g/mol. The summed E-state index contributed by atoms with van der Waals surface area (Å²) in [5, 5.41) is 20.7. The summed E-state index contributed by atoms with van der Waals surface area (Å²) in [7, 11) is -4.36. The lowest BCUT2D eigenvalue weighted by Gasteiger charge is -2.05. The summed E-state index contributed by atoms with van der Waals surface area (Å²) in [6.07, 6.45) is 0. The molecule has 0 aliphatic rings. The summed E-state index contributed by atoms with van der Waals surface area (Å²) < 4.78 is 30.8. The molecule has 0 fully saturated rings. The van der Waals surface area contributed by atoms with E-state index in [4.69, 9.17) is 9.66 Å². The molecule has 0 amide bonds. The van der Waals surface area contributed by atoms with E-state index in [2.05, 4.69) is 0 Å². The molecule has 0 bridgehead atoms. The van der Waals surface area contributed by atoms with Gasteiger partial charge in [0.15, 0.2) is 5.75 Å². The van der Waals surface area contributed by atoms with Gasteiger partial charge in [0, 0.05) is 5.39 Å². The first kappa shape index (κ1) is 12.3. The highest BCUT2D eigenvalue weighted by atomic mass is 32.2. The monoisotopic (exact) mass is 267 g/mol. The Morgan fingerprint density at radius 3 is 2.33 bits per heavy atom. The van der Waals surface area contributed by atoms with Crippen LogP contribution < -0.4 is 0 Å². The third-order valence-corrected chi connectivity index (χ3v) is 3.31. The number of aromatic carboxylic acids is 1. The first-order valence-electron chi connectivity index (χ1n) is 4.75.